The Hall–Kier alpha value is -0.950. The quantitative estimate of drug-likeness (QED) is 0.852. The molecule has 3 rings (SSSR count). The number of hydrogen-bond acceptors (Lipinski definition) is 5. The molecule has 2 fully saturated rings. The van der Waals surface area contributed by atoms with Crippen molar-refractivity contribution in [1.82, 2.24) is 10.6 Å². The van der Waals surface area contributed by atoms with E-state index in [1.54, 1.807) is 12.1 Å². The van der Waals surface area contributed by atoms with Crippen molar-refractivity contribution in [1.29, 1.82) is 0 Å². The number of sulfone groups is 1. The fourth-order valence-corrected chi connectivity index (χ4v) is 4.01. The van der Waals surface area contributed by atoms with E-state index in [0.29, 0.717) is 16.9 Å². The van der Waals surface area contributed by atoms with E-state index in [-0.39, 0.29) is 6.04 Å². The molecule has 2 N–H and O–H groups in total. The van der Waals surface area contributed by atoms with Crippen LogP contribution in [0.1, 0.15) is 30.9 Å². The summed E-state index contributed by atoms with van der Waals surface area (Å²) in [7, 11) is -3.12. The summed E-state index contributed by atoms with van der Waals surface area (Å²) in [5.41, 5.74) is 1.16. The van der Waals surface area contributed by atoms with Crippen LogP contribution in [-0.2, 0) is 14.6 Å². The van der Waals surface area contributed by atoms with Crippen LogP contribution >= 0.6 is 0 Å². The van der Waals surface area contributed by atoms with E-state index in [2.05, 4.69) is 10.6 Å². The molecule has 2 heterocycles. The minimum Gasteiger partial charge on any atom is -0.381 e. The van der Waals surface area contributed by atoms with Crippen molar-refractivity contribution < 1.29 is 13.2 Å². The summed E-state index contributed by atoms with van der Waals surface area (Å²) in [6.45, 7) is 3.80. The van der Waals surface area contributed by atoms with Gasteiger partial charge in [0, 0.05) is 31.5 Å². The van der Waals surface area contributed by atoms with Crippen molar-refractivity contribution in [2.45, 2.75) is 36.2 Å². The Bertz CT molecular complexity index is 609. The summed E-state index contributed by atoms with van der Waals surface area (Å²) >= 11 is 0. The fourth-order valence-electron chi connectivity index (χ4n) is 3.38. The van der Waals surface area contributed by atoms with E-state index in [9.17, 15) is 8.42 Å². The average molecular weight is 338 g/mol. The molecule has 0 spiro atoms. The van der Waals surface area contributed by atoms with Crippen LogP contribution in [0.25, 0.3) is 0 Å². The maximum absolute atomic E-state index is 11.5. The molecule has 2 saturated heterocycles. The molecule has 1 aromatic carbocycles. The van der Waals surface area contributed by atoms with E-state index >= 15 is 0 Å². The molecule has 2 aliphatic heterocycles. The van der Waals surface area contributed by atoms with E-state index in [1.165, 1.54) is 6.26 Å². The molecule has 5 nitrogen and oxygen atoms in total. The SMILES string of the molecule is CS(=O)(=O)c1ccc(C2CC(NCC3CCOC3)CCN2)cc1. The van der Waals surface area contributed by atoms with Crippen molar-refractivity contribution in [3.05, 3.63) is 29.8 Å². The predicted octanol–water partition coefficient (Wildman–Crippen LogP) is 1.51. The molecule has 1 aromatic rings. The van der Waals surface area contributed by atoms with Crippen LogP contribution in [0.5, 0.6) is 0 Å². The largest absolute Gasteiger partial charge is 0.381 e. The summed E-state index contributed by atoms with van der Waals surface area (Å²) in [6.07, 6.45) is 4.57. The van der Waals surface area contributed by atoms with Crippen LogP contribution in [0, 0.1) is 5.92 Å². The number of hydrogen-bond donors (Lipinski definition) is 2. The van der Waals surface area contributed by atoms with Crippen molar-refractivity contribution in [2.75, 3.05) is 32.6 Å². The number of rotatable bonds is 5. The van der Waals surface area contributed by atoms with Gasteiger partial charge in [0.2, 0.25) is 0 Å². The lowest BCUT2D eigenvalue weighted by Crippen LogP contribution is -2.43. The number of ether oxygens (including phenoxy) is 1. The molecule has 6 heteroatoms. The monoisotopic (exact) mass is 338 g/mol. The number of piperidine rings is 1. The van der Waals surface area contributed by atoms with Crippen molar-refractivity contribution in [2.24, 2.45) is 5.92 Å². The van der Waals surface area contributed by atoms with Gasteiger partial charge in [-0.1, -0.05) is 12.1 Å². The minimum absolute atomic E-state index is 0.287. The first-order chi connectivity index (χ1) is 11.0. The zero-order chi connectivity index (χ0) is 16.3. The lowest BCUT2D eigenvalue weighted by molar-refractivity contribution is 0.183. The smallest absolute Gasteiger partial charge is 0.175 e. The fraction of sp³-hybridized carbons (Fsp3) is 0.647. The first kappa shape index (κ1) is 16.9. The molecular weight excluding hydrogens is 312 g/mol. The van der Waals surface area contributed by atoms with Gasteiger partial charge in [-0.05, 0) is 49.4 Å². The summed E-state index contributed by atoms with van der Waals surface area (Å²) in [4.78, 5) is 0.382. The Morgan fingerprint density at radius 1 is 1.26 bits per heavy atom. The molecule has 3 atom stereocenters. The van der Waals surface area contributed by atoms with Crippen LogP contribution < -0.4 is 10.6 Å². The van der Waals surface area contributed by atoms with Gasteiger partial charge in [0.1, 0.15) is 0 Å². The molecule has 3 unspecified atom stereocenters. The molecule has 0 bridgehead atoms. The topological polar surface area (TPSA) is 67.4 Å². The predicted molar refractivity (Wildman–Crippen MR) is 90.2 cm³/mol. The Labute approximate surface area is 138 Å². The normalized spacial score (nSPS) is 28.8. The number of nitrogens with one attached hydrogen (secondary N) is 2. The van der Waals surface area contributed by atoms with Gasteiger partial charge in [0.25, 0.3) is 0 Å². The highest BCUT2D eigenvalue weighted by atomic mass is 32.2. The maximum Gasteiger partial charge on any atom is 0.175 e. The van der Waals surface area contributed by atoms with E-state index < -0.39 is 9.84 Å². The van der Waals surface area contributed by atoms with Gasteiger partial charge in [-0.3, -0.25) is 0 Å². The summed E-state index contributed by atoms with van der Waals surface area (Å²) in [5, 5.41) is 7.22. The molecule has 0 saturated carbocycles. The first-order valence-electron chi connectivity index (χ1n) is 8.37. The second kappa shape index (κ2) is 7.30. The van der Waals surface area contributed by atoms with Gasteiger partial charge in [0.05, 0.1) is 11.5 Å². The van der Waals surface area contributed by atoms with Gasteiger partial charge in [-0.2, -0.15) is 0 Å². The van der Waals surface area contributed by atoms with E-state index in [1.807, 2.05) is 12.1 Å². The van der Waals surface area contributed by atoms with Crippen LogP contribution in [0.4, 0.5) is 0 Å². The lowest BCUT2D eigenvalue weighted by Gasteiger charge is -2.32. The third kappa shape index (κ3) is 4.53. The second-order valence-corrected chi connectivity index (χ2v) is 8.72. The van der Waals surface area contributed by atoms with Crippen molar-refractivity contribution in [3.63, 3.8) is 0 Å². The summed E-state index contributed by atoms with van der Waals surface area (Å²) in [6, 6.07) is 8.08. The van der Waals surface area contributed by atoms with Crippen LogP contribution in [-0.4, -0.2) is 47.0 Å². The lowest BCUT2D eigenvalue weighted by atomic mass is 9.93. The highest BCUT2D eigenvalue weighted by Gasteiger charge is 2.24. The molecule has 0 amide bonds. The third-order valence-corrected chi connectivity index (χ3v) is 5.96. The standard InChI is InChI=1S/C17H26N2O3S/c1-23(20,21)16-4-2-14(3-5-16)17-10-15(6-8-18-17)19-11-13-7-9-22-12-13/h2-5,13,15,17-19H,6-12H2,1H3. The molecular formula is C17H26N2O3S. The minimum atomic E-state index is -3.12. The Morgan fingerprint density at radius 2 is 2.04 bits per heavy atom. The molecule has 0 radical (unpaired) electrons. The molecule has 23 heavy (non-hydrogen) atoms. The van der Waals surface area contributed by atoms with Gasteiger partial charge < -0.3 is 15.4 Å². The highest BCUT2D eigenvalue weighted by molar-refractivity contribution is 7.90. The van der Waals surface area contributed by atoms with Gasteiger partial charge in [0.15, 0.2) is 9.84 Å². The average Bonchev–Trinajstić information content (AvgIpc) is 3.06. The van der Waals surface area contributed by atoms with Crippen molar-refractivity contribution in [3.8, 4) is 0 Å². The first-order valence-corrected chi connectivity index (χ1v) is 10.3. The second-order valence-electron chi connectivity index (χ2n) is 6.71. The van der Waals surface area contributed by atoms with Crippen LogP contribution in [0.2, 0.25) is 0 Å². The zero-order valence-electron chi connectivity index (χ0n) is 13.6. The molecule has 0 aliphatic carbocycles. The van der Waals surface area contributed by atoms with Gasteiger partial charge >= 0.3 is 0 Å². The summed E-state index contributed by atoms with van der Waals surface area (Å²) in [5.74, 6) is 0.650. The molecule has 2 aliphatic rings. The summed E-state index contributed by atoms with van der Waals surface area (Å²) < 4.78 is 28.5. The van der Waals surface area contributed by atoms with E-state index in [4.69, 9.17) is 4.74 Å². The van der Waals surface area contributed by atoms with E-state index in [0.717, 1.165) is 51.1 Å². The van der Waals surface area contributed by atoms with Crippen LogP contribution in [0.3, 0.4) is 0 Å². The van der Waals surface area contributed by atoms with Crippen molar-refractivity contribution >= 4 is 9.84 Å². The van der Waals surface area contributed by atoms with Crippen LogP contribution in [0.15, 0.2) is 29.2 Å². The molecule has 128 valence electrons. The maximum atomic E-state index is 11.5. The number of benzene rings is 1. The Morgan fingerprint density at radius 3 is 2.70 bits per heavy atom. The van der Waals surface area contributed by atoms with Gasteiger partial charge in [-0.15, -0.1) is 0 Å². The Kier molecular flexibility index (Phi) is 5.36. The Balaban J connectivity index is 1.57. The third-order valence-electron chi connectivity index (χ3n) is 4.83. The zero-order valence-corrected chi connectivity index (χ0v) is 14.4. The molecule has 0 aromatic heterocycles. The van der Waals surface area contributed by atoms with Gasteiger partial charge in [-0.25, -0.2) is 8.42 Å². The highest BCUT2D eigenvalue weighted by Crippen LogP contribution is 2.25.